The van der Waals surface area contributed by atoms with Gasteiger partial charge in [0.05, 0.1) is 12.6 Å². The van der Waals surface area contributed by atoms with Crippen LogP contribution < -0.4 is 5.32 Å². The van der Waals surface area contributed by atoms with Crippen molar-refractivity contribution in [2.75, 3.05) is 52.9 Å². The van der Waals surface area contributed by atoms with Gasteiger partial charge in [-0.05, 0) is 19.8 Å². The van der Waals surface area contributed by atoms with Gasteiger partial charge < -0.3 is 15.1 Å². The van der Waals surface area contributed by atoms with Crippen molar-refractivity contribution in [2.45, 2.75) is 25.8 Å². The number of nitrogens with one attached hydrogen (secondary N) is 1. The lowest BCUT2D eigenvalue weighted by atomic mass is 10.2. The number of nitrogens with zero attached hydrogens (tertiary/aromatic N) is 4. The Balaban J connectivity index is 0.00000288. The molecule has 2 rings (SSSR count). The molecule has 2 saturated heterocycles. The number of carbonyl (C=O) groups excluding carboxylic acids is 1. The van der Waals surface area contributed by atoms with Gasteiger partial charge in [0.15, 0.2) is 5.96 Å². The maximum atomic E-state index is 12.5. The Labute approximate surface area is 167 Å². The summed E-state index contributed by atoms with van der Waals surface area (Å²) in [5.74, 6) is 1.11. The molecule has 24 heavy (non-hydrogen) atoms. The Morgan fingerprint density at radius 1 is 1.17 bits per heavy atom. The molecule has 138 valence electrons. The molecule has 0 spiro atoms. The van der Waals surface area contributed by atoms with Crippen molar-refractivity contribution in [3.8, 4) is 0 Å². The van der Waals surface area contributed by atoms with Gasteiger partial charge in [-0.3, -0.25) is 14.7 Å². The predicted molar refractivity (Wildman–Crippen MR) is 110 cm³/mol. The fourth-order valence-electron chi connectivity index (χ4n) is 3.19. The molecule has 1 amide bonds. The third-order valence-corrected chi connectivity index (χ3v) is 4.72. The summed E-state index contributed by atoms with van der Waals surface area (Å²) in [6.07, 6.45) is 2.28. The number of likely N-dealkylation sites (tertiary alicyclic amines) is 1. The zero-order valence-electron chi connectivity index (χ0n) is 14.6. The molecule has 8 heteroatoms. The van der Waals surface area contributed by atoms with E-state index in [1.807, 2.05) is 11.8 Å². The van der Waals surface area contributed by atoms with Crippen LogP contribution >= 0.6 is 35.6 Å². The van der Waals surface area contributed by atoms with E-state index in [1.165, 1.54) is 0 Å². The molecule has 6 nitrogen and oxygen atoms in total. The van der Waals surface area contributed by atoms with E-state index in [9.17, 15) is 4.79 Å². The van der Waals surface area contributed by atoms with Crippen molar-refractivity contribution in [1.82, 2.24) is 20.0 Å². The molecular weight excluding hydrogens is 441 g/mol. The van der Waals surface area contributed by atoms with E-state index in [1.54, 1.807) is 7.05 Å². The number of piperazine rings is 1. The fraction of sp³-hybridized carbons (Fsp3) is 0.750. The smallest absolute Gasteiger partial charge is 0.239 e. The summed E-state index contributed by atoms with van der Waals surface area (Å²) in [5, 5.41) is 3.77. The number of amides is 1. The van der Waals surface area contributed by atoms with Crippen LogP contribution in [0.15, 0.2) is 16.6 Å². The quantitative estimate of drug-likeness (QED) is 0.386. The van der Waals surface area contributed by atoms with Gasteiger partial charge in [0.25, 0.3) is 0 Å². The molecule has 1 atom stereocenters. The summed E-state index contributed by atoms with van der Waals surface area (Å²) in [4.78, 5) is 23.3. The molecule has 0 aliphatic carbocycles. The zero-order chi connectivity index (χ0) is 16.8. The van der Waals surface area contributed by atoms with Crippen LogP contribution in [0.1, 0.15) is 19.8 Å². The van der Waals surface area contributed by atoms with Gasteiger partial charge in [-0.15, -0.1) is 24.0 Å². The monoisotopic (exact) mass is 469 g/mol. The minimum atomic E-state index is -0.0344. The molecule has 0 radical (unpaired) electrons. The minimum absolute atomic E-state index is 0. The van der Waals surface area contributed by atoms with E-state index >= 15 is 0 Å². The van der Waals surface area contributed by atoms with Crippen LogP contribution in [0.4, 0.5) is 0 Å². The first-order chi connectivity index (χ1) is 11.0. The molecule has 2 fully saturated rings. The topological polar surface area (TPSA) is 51.2 Å². The Morgan fingerprint density at radius 3 is 2.25 bits per heavy atom. The molecule has 1 unspecified atom stereocenters. The lowest BCUT2D eigenvalue weighted by Gasteiger charge is -2.39. The number of hydrogen-bond acceptors (Lipinski definition) is 3. The zero-order valence-corrected chi connectivity index (χ0v) is 17.7. The second-order valence-corrected chi connectivity index (χ2v) is 6.68. The van der Waals surface area contributed by atoms with E-state index in [2.05, 4.69) is 26.7 Å². The van der Waals surface area contributed by atoms with Crippen LogP contribution in [-0.2, 0) is 4.79 Å². The van der Waals surface area contributed by atoms with Crippen molar-refractivity contribution in [3.05, 3.63) is 11.6 Å². The Kier molecular flexibility index (Phi) is 9.36. The molecular formula is C16H29ClIN5O. The minimum Gasteiger partial charge on any atom is -0.351 e. The van der Waals surface area contributed by atoms with Gasteiger partial charge in [0.1, 0.15) is 0 Å². The van der Waals surface area contributed by atoms with Gasteiger partial charge in [-0.1, -0.05) is 18.2 Å². The van der Waals surface area contributed by atoms with Crippen molar-refractivity contribution in [2.24, 2.45) is 4.99 Å². The molecule has 0 aromatic heterocycles. The summed E-state index contributed by atoms with van der Waals surface area (Å²) in [7, 11) is 1.77. The number of rotatable bonds is 4. The van der Waals surface area contributed by atoms with Gasteiger partial charge in [0.2, 0.25) is 5.91 Å². The van der Waals surface area contributed by atoms with Crippen LogP contribution in [0, 0.1) is 0 Å². The maximum Gasteiger partial charge on any atom is 0.239 e. The third kappa shape index (κ3) is 5.77. The lowest BCUT2D eigenvalue weighted by Crippen LogP contribution is -2.57. The van der Waals surface area contributed by atoms with Gasteiger partial charge in [-0.2, -0.15) is 0 Å². The first kappa shape index (κ1) is 21.5. The van der Waals surface area contributed by atoms with Crippen LogP contribution in [0.2, 0.25) is 0 Å². The lowest BCUT2D eigenvalue weighted by molar-refractivity contribution is -0.135. The summed E-state index contributed by atoms with van der Waals surface area (Å²) < 4.78 is 0. The van der Waals surface area contributed by atoms with Crippen molar-refractivity contribution in [1.29, 1.82) is 0 Å². The first-order valence-corrected chi connectivity index (χ1v) is 8.72. The summed E-state index contributed by atoms with van der Waals surface area (Å²) >= 11 is 5.80. The largest absolute Gasteiger partial charge is 0.351 e. The molecule has 2 heterocycles. The third-order valence-electron chi connectivity index (χ3n) is 4.59. The summed E-state index contributed by atoms with van der Waals surface area (Å²) in [5.41, 5.74) is 0. The normalized spacial score (nSPS) is 20.5. The van der Waals surface area contributed by atoms with Crippen LogP contribution in [0.5, 0.6) is 0 Å². The average molecular weight is 470 g/mol. The van der Waals surface area contributed by atoms with Crippen molar-refractivity contribution in [3.63, 3.8) is 0 Å². The molecule has 0 aromatic carbocycles. The maximum absolute atomic E-state index is 12.5. The van der Waals surface area contributed by atoms with E-state index < -0.39 is 0 Å². The molecule has 2 aliphatic rings. The molecule has 1 N–H and O–H groups in total. The number of carbonyl (C=O) groups is 1. The standard InChI is InChI=1S/C16H28ClN5O.HI/c1-13(17)12-19-16(18-3)22-10-8-20(9-11-22)14(2)15(23)21-6-4-5-7-21;/h14H,1,4-12H2,2-3H3,(H,18,19);1H. The van der Waals surface area contributed by atoms with Crippen molar-refractivity contribution >= 4 is 47.4 Å². The number of guanidine groups is 1. The first-order valence-electron chi connectivity index (χ1n) is 8.34. The number of halogens is 2. The highest BCUT2D eigenvalue weighted by Crippen LogP contribution is 2.14. The fourth-order valence-corrected chi connectivity index (χ4v) is 3.25. The highest BCUT2D eigenvalue weighted by molar-refractivity contribution is 14.0. The summed E-state index contributed by atoms with van der Waals surface area (Å²) in [6, 6.07) is -0.0344. The van der Waals surface area contributed by atoms with E-state index in [-0.39, 0.29) is 35.9 Å². The Morgan fingerprint density at radius 2 is 1.75 bits per heavy atom. The van der Waals surface area contributed by atoms with Crippen molar-refractivity contribution < 1.29 is 4.79 Å². The highest BCUT2D eigenvalue weighted by atomic mass is 127. The molecule has 2 aliphatic heterocycles. The Hall–Kier alpha value is -0.540. The molecule has 0 saturated carbocycles. The molecule has 0 bridgehead atoms. The second-order valence-electron chi connectivity index (χ2n) is 6.15. The SMILES string of the molecule is C=C(Cl)CNC(=NC)N1CCN(C(C)C(=O)N2CCCC2)CC1.I. The van der Waals surface area contributed by atoms with Gasteiger partial charge in [0, 0.05) is 51.3 Å². The molecule has 0 aromatic rings. The highest BCUT2D eigenvalue weighted by Gasteiger charge is 2.30. The average Bonchev–Trinajstić information content (AvgIpc) is 3.09. The van der Waals surface area contributed by atoms with Crippen LogP contribution in [0.3, 0.4) is 0 Å². The van der Waals surface area contributed by atoms with E-state index in [4.69, 9.17) is 11.6 Å². The van der Waals surface area contributed by atoms with Crippen LogP contribution in [-0.4, -0.2) is 85.5 Å². The van der Waals surface area contributed by atoms with E-state index in [0.717, 1.165) is 58.1 Å². The van der Waals surface area contributed by atoms with Crippen LogP contribution in [0.25, 0.3) is 0 Å². The second kappa shape index (κ2) is 10.5. The van der Waals surface area contributed by atoms with Gasteiger partial charge >= 0.3 is 0 Å². The number of hydrogen-bond donors (Lipinski definition) is 1. The number of aliphatic imine (C=N–C) groups is 1. The van der Waals surface area contributed by atoms with Gasteiger partial charge in [-0.25, -0.2) is 0 Å². The summed E-state index contributed by atoms with van der Waals surface area (Å²) in [6.45, 7) is 11.5. The predicted octanol–water partition coefficient (Wildman–Crippen LogP) is 1.56. The Bertz CT molecular complexity index is 459. The van der Waals surface area contributed by atoms with E-state index in [0.29, 0.717) is 11.6 Å².